The van der Waals surface area contributed by atoms with Gasteiger partial charge in [0.1, 0.15) is 17.5 Å². The molecule has 0 spiro atoms. The molecule has 0 radical (unpaired) electrons. The smallest absolute Gasteiger partial charge is 0.453 e. The molecule has 12 nitrogen and oxygen atoms in total. The molecule has 1 saturated carbocycles. The fourth-order valence-electron chi connectivity index (χ4n) is 4.93. The van der Waals surface area contributed by atoms with Crippen molar-refractivity contribution in [3.05, 3.63) is 41.9 Å². The Hall–Kier alpha value is -4.17. The van der Waals surface area contributed by atoms with E-state index in [1.807, 2.05) is 20.8 Å². The van der Waals surface area contributed by atoms with Gasteiger partial charge in [0.15, 0.2) is 5.65 Å². The van der Waals surface area contributed by atoms with Crippen LogP contribution in [0.1, 0.15) is 62.6 Å². The molecule has 2 fully saturated rings. The number of piperazine rings is 1. The van der Waals surface area contributed by atoms with Gasteiger partial charge in [-0.3, -0.25) is 4.79 Å². The zero-order valence-corrected chi connectivity index (χ0v) is 23.6. The first kappa shape index (κ1) is 29.3. The number of aromatic nitrogens is 5. The molecule has 4 heterocycles. The lowest BCUT2D eigenvalue weighted by molar-refractivity contribution is -0.146. The number of anilines is 1. The zero-order chi connectivity index (χ0) is 30.1. The van der Waals surface area contributed by atoms with Gasteiger partial charge in [-0.15, -0.1) is 15.3 Å². The van der Waals surface area contributed by atoms with Crippen LogP contribution in [-0.4, -0.2) is 85.6 Å². The first-order chi connectivity index (χ1) is 19.9. The molecule has 3 aromatic rings. The SMILES string of the molecule is CC(C)(C)OC(=O)N1CCN(c2ccc(C(=O)NC3CCC(Oc4ccc5nnc(C(F)(F)F)n5n4)CC3)cn2)CC1. The van der Waals surface area contributed by atoms with Crippen LogP contribution >= 0.6 is 0 Å². The van der Waals surface area contributed by atoms with Gasteiger partial charge in [0, 0.05) is 44.5 Å². The van der Waals surface area contributed by atoms with Crippen molar-refractivity contribution in [1.29, 1.82) is 0 Å². The summed E-state index contributed by atoms with van der Waals surface area (Å²) in [5, 5.41) is 13.6. The molecule has 1 aliphatic heterocycles. The molecule has 1 N–H and O–H groups in total. The van der Waals surface area contributed by atoms with Gasteiger partial charge >= 0.3 is 12.3 Å². The Morgan fingerprint density at radius 1 is 0.952 bits per heavy atom. The van der Waals surface area contributed by atoms with Gasteiger partial charge in [-0.05, 0) is 64.7 Å². The van der Waals surface area contributed by atoms with E-state index in [1.165, 1.54) is 12.1 Å². The number of carbonyl (C=O) groups excluding carboxylic acids is 2. The van der Waals surface area contributed by atoms with Crippen molar-refractivity contribution in [1.82, 2.24) is 35.0 Å². The molecule has 1 aliphatic carbocycles. The van der Waals surface area contributed by atoms with Crippen LogP contribution in [0.5, 0.6) is 5.88 Å². The van der Waals surface area contributed by atoms with Crippen LogP contribution in [0, 0.1) is 0 Å². The Kier molecular flexibility index (Phi) is 8.10. The van der Waals surface area contributed by atoms with E-state index in [4.69, 9.17) is 9.47 Å². The van der Waals surface area contributed by atoms with Crippen molar-refractivity contribution >= 4 is 23.5 Å². The molecular formula is C27H33F3N8O4. The zero-order valence-electron chi connectivity index (χ0n) is 23.6. The summed E-state index contributed by atoms with van der Waals surface area (Å²) in [5.74, 6) is -0.656. The van der Waals surface area contributed by atoms with E-state index in [0.29, 0.717) is 61.9 Å². The fourth-order valence-corrected chi connectivity index (χ4v) is 4.93. The Morgan fingerprint density at radius 2 is 1.67 bits per heavy atom. The van der Waals surface area contributed by atoms with Crippen LogP contribution < -0.4 is 15.0 Å². The summed E-state index contributed by atoms with van der Waals surface area (Å²) >= 11 is 0. The standard InChI is InChI=1S/C27H33F3N8O4/c1-26(2,3)42-25(40)37-14-12-36(13-15-37)20-9-4-17(16-31-20)23(39)32-18-5-7-19(8-6-18)41-22-11-10-21-33-34-24(27(28,29)30)38(21)35-22/h4,9-11,16,18-19H,5-8,12-15H2,1-3H3,(H,32,39). The van der Waals surface area contributed by atoms with Crippen LogP contribution in [0.4, 0.5) is 23.8 Å². The van der Waals surface area contributed by atoms with Crippen LogP contribution in [0.2, 0.25) is 0 Å². The highest BCUT2D eigenvalue weighted by atomic mass is 19.4. The highest BCUT2D eigenvalue weighted by Crippen LogP contribution is 2.29. The van der Waals surface area contributed by atoms with Crippen molar-refractivity contribution in [2.75, 3.05) is 31.1 Å². The molecule has 15 heteroatoms. The molecule has 0 aromatic carbocycles. The number of nitrogens with zero attached hydrogens (tertiary/aromatic N) is 7. The minimum absolute atomic E-state index is 0.0237. The van der Waals surface area contributed by atoms with Crippen molar-refractivity contribution in [3.8, 4) is 5.88 Å². The summed E-state index contributed by atoms with van der Waals surface area (Å²) < 4.78 is 51.3. The Morgan fingerprint density at radius 3 is 2.29 bits per heavy atom. The van der Waals surface area contributed by atoms with Gasteiger partial charge in [-0.1, -0.05) is 0 Å². The highest BCUT2D eigenvalue weighted by Gasteiger charge is 2.38. The van der Waals surface area contributed by atoms with Crippen molar-refractivity contribution in [2.45, 2.75) is 70.4 Å². The molecule has 226 valence electrons. The minimum atomic E-state index is -4.68. The summed E-state index contributed by atoms with van der Waals surface area (Å²) in [5.41, 5.74) is -0.126. The summed E-state index contributed by atoms with van der Waals surface area (Å²) in [4.78, 5) is 33.3. The number of fused-ring (bicyclic) bond motifs is 1. The first-order valence-corrected chi connectivity index (χ1v) is 13.8. The number of carbonyl (C=O) groups is 2. The second-order valence-electron chi connectivity index (χ2n) is 11.4. The predicted octanol–water partition coefficient (Wildman–Crippen LogP) is 3.72. The van der Waals surface area contributed by atoms with Gasteiger partial charge in [0.2, 0.25) is 5.88 Å². The Balaban J connectivity index is 1.08. The number of halogens is 3. The lowest BCUT2D eigenvalue weighted by Gasteiger charge is -2.36. The maximum absolute atomic E-state index is 13.1. The lowest BCUT2D eigenvalue weighted by Crippen LogP contribution is -2.50. The molecule has 0 bridgehead atoms. The normalized spacial score (nSPS) is 20.0. The molecule has 2 amide bonds. The van der Waals surface area contributed by atoms with Crippen LogP contribution in [0.3, 0.4) is 0 Å². The van der Waals surface area contributed by atoms with Crippen LogP contribution in [-0.2, 0) is 10.9 Å². The number of nitrogens with one attached hydrogen (secondary N) is 1. The summed E-state index contributed by atoms with van der Waals surface area (Å²) in [6.07, 6.45) is -1.22. The second-order valence-corrected chi connectivity index (χ2v) is 11.4. The number of hydrogen-bond donors (Lipinski definition) is 1. The number of alkyl halides is 3. The average Bonchev–Trinajstić information content (AvgIpc) is 3.37. The van der Waals surface area contributed by atoms with Crippen molar-refractivity contribution in [3.63, 3.8) is 0 Å². The lowest BCUT2D eigenvalue weighted by atomic mass is 9.92. The second kappa shape index (κ2) is 11.6. The quantitative estimate of drug-likeness (QED) is 0.473. The summed E-state index contributed by atoms with van der Waals surface area (Å²) in [6.45, 7) is 7.76. The van der Waals surface area contributed by atoms with Gasteiger partial charge in [-0.2, -0.15) is 17.7 Å². The number of pyridine rings is 1. The number of amides is 2. The molecule has 42 heavy (non-hydrogen) atoms. The van der Waals surface area contributed by atoms with Crippen LogP contribution in [0.25, 0.3) is 5.65 Å². The fraction of sp³-hybridized carbons (Fsp3) is 0.556. The summed E-state index contributed by atoms with van der Waals surface area (Å²) in [7, 11) is 0. The number of ether oxygens (including phenoxy) is 2. The van der Waals surface area contributed by atoms with Gasteiger partial charge in [-0.25, -0.2) is 9.78 Å². The third-order valence-corrected chi connectivity index (χ3v) is 7.05. The van der Waals surface area contributed by atoms with E-state index >= 15 is 0 Å². The maximum atomic E-state index is 13.1. The predicted molar refractivity (Wildman–Crippen MR) is 144 cm³/mol. The van der Waals surface area contributed by atoms with E-state index in [2.05, 4.69) is 30.5 Å². The van der Waals surface area contributed by atoms with E-state index in [-0.39, 0.29) is 35.7 Å². The van der Waals surface area contributed by atoms with E-state index in [9.17, 15) is 22.8 Å². The first-order valence-electron chi connectivity index (χ1n) is 13.8. The third kappa shape index (κ3) is 6.99. The molecule has 5 rings (SSSR count). The molecule has 0 atom stereocenters. The Labute approximate surface area is 240 Å². The molecule has 2 aliphatic rings. The molecular weight excluding hydrogens is 557 g/mol. The van der Waals surface area contributed by atoms with E-state index in [0.717, 1.165) is 5.82 Å². The number of rotatable bonds is 5. The number of hydrogen-bond acceptors (Lipinski definition) is 9. The minimum Gasteiger partial charge on any atom is -0.473 e. The van der Waals surface area contributed by atoms with E-state index in [1.54, 1.807) is 23.2 Å². The van der Waals surface area contributed by atoms with Gasteiger partial charge in [0.05, 0.1) is 5.56 Å². The monoisotopic (exact) mass is 590 g/mol. The van der Waals surface area contributed by atoms with Crippen LogP contribution in [0.15, 0.2) is 30.5 Å². The van der Waals surface area contributed by atoms with Crippen molar-refractivity contribution < 1.29 is 32.2 Å². The average molecular weight is 591 g/mol. The molecule has 1 saturated heterocycles. The largest absolute Gasteiger partial charge is 0.473 e. The van der Waals surface area contributed by atoms with Gasteiger partial charge in [0.25, 0.3) is 11.7 Å². The molecule has 0 unspecified atom stereocenters. The van der Waals surface area contributed by atoms with E-state index < -0.39 is 17.6 Å². The topological polar surface area (TPSA) is 127 Å². The molecule has 3 aromatic heterocycles. The van der Waals surface area contributed by atoms with Crippen molar-refractivity contribution in [2.24, 2.45) is 0 Å². The Bertz CT molecular complexity index is 1410. The highest BCUT2D eigenvalue weighted by molar-refractivity contribution is 5.94. The van der Waals surface area contributed by atoms with Gasteiger partial charge < -0.3 is 24.6 Å². The maximum Gasteiger partial charge on any atom is 0.453 e. The summed E-state index contributed by atoms with van der Waals surface area (Å²) in [6, 6.07) is 6.31. The third-order valence-electron chi connectivity index (χ3n) is 7.05.